The van der Waals surface area contributed by atoms with Crippen molar-refractivity contribution in [3.8, 4) is 23.0 Å². The Kier molecular flexibility index (Phi) is 3.25. The lowest BCUT2D eigenvalue weighted by Crippen LogP contribution is -1.98. The van der Waals surface area contributed by atoms with Crippen LogP contribution in [0, 0.1) is 6.92 Å². The Morgan fingerprint density at radius 1 is 1.14 bits per heavy atom. The molecule has 22 heavy (non-hydrogen) atoms. The van der Waals surface area contributed by atoms with Gasteiger partial charge >= 0.3 is 0 Å². The van der Waals surface area contributed by atoms with E-state index in [1.807, 2.05) is 0 Å². The molecule has 0 spiro atoms. The van der Waals surface area contributed by atoms with E-state index in [0.29, 0.717) is 28.2 Å². The summed E-state index contributed by atoms with van der Waals surface area (Å²) in [6.07, 6.45) is 1.57. The topological polar surface area (TPSA) is 76.0 Å². The highest BCUT2D eigenvalue weighted by atomic mass is 16.5. The molecule has 2 N–H and O–H groups in total. The summed E-state index contributed by atoms with van der Waals surface area (Å²) in [5, 5.41) is 19.3. The molecule has 1 aliphatic rings. The number of hydrogen-bond donors (Lipinski definition) is 2. The van der Waals surface area contributed by atoms with Gasteiger partial charge in [-0.15, -0.1) is 0 Å². The number of methoxy groups -OCH3 is 1. The maximum absolute atomic E-state index is 12.3. The number of ether oxygens (including phenoxy) is 2. The number of phenols is 2. The Morgan fingerprint density at radius 2 is 1.86 bits per heavy atom. The summed E-state index contributed by atoms with van der Waals surface area (Å²) < 4.78 is 10.6. The van der Waals surface area contributed by atoms with Crippen LogP contribution in [0.5, 0.6) is 23.0 Å². The summed E-state index contributed by atoms with van der Waals surface area (Å²) in [6.45, 7) is 1.69. The zero-order valence-electron chi connectivity index (χ0n) is 12.1. The highest BCUT2D eigenvalue weighted by Gasteiger charge is 2.29. The van der Waals surface area contributed by atoms with Crippen LogP contribution in [0.1, 0.15) is 21.5 Å². The van der Waals surface area contributed by atoms with Gasteiger partial charge in [-0.25, -0.2) is 0 Å². The van der Waals surface area contributed by atoms with Crippen molar-refractivity contribution in [3.05, 3.63) is 52.8 Å². The summed E-state index contributed by atoms with van der Waals surface area (Å²) in [7, 11) is 1.45. The van der Waals surface area contributed by atoms with Gasteiger partial charge in [-0.2, -0.15) is 0 Å². The number of rotatable bonds is 2. The molecular formula is C17H14O5. The van der Waals surface area contributed by atoms with Crippen LogP contribution in [0.3, 0.4) is 0 Å². The Bertz CT molecular complexity index is 805. The molecule has 0 saturated carbocycles. The first-order valence-electron chi connectivity index (χ1n) is 6.65. The molecule has 5 heteroatoms. The summed E-state index contributed by atoms with van der Waals surface area (Å²) in [5.41, 5.74) is 1.61. The van der Waals surface area contributed by atoms with E-state index in [9.17, 15) is 15.0 Å². The number of hydrogen-bond acceptors (Lipinski definition) is 5. The van der Waals surface area contributed by atoms with Crippen LogP contribution in [-0.2, 0) is 0 Å². The van der Waals surface area contributed by atoms with Crippen LogP contribution in [0.4, 0.5) is 0 Å². The quantitative estimate of drug-likeness (QED) is 0.833. The monoisotopic (exact) mass is 298 g/mol. The minimum Gasteiger partial charge on any atom is -0.508 e. The molecule has 0 amide bonds. The number of carbonyl (C=O) groups excluding carboxylic acids is 1. The molecule has 0 radical (unpaired) electrons. The van der Waals surface area contributed by atoms with Gasteiger partial charge in [-0.1, -0.05) is 6.07 Å². The Labute approximate surface area is 127 Å². The third kappa shape index (κ3) is 2.16. The van der Waals surface area contributed by atoms with Crippen molar-refractivity contribution in [2.45, 2.75) is 6.92 Å². The molecule has 0 saturated heterocycles. The molecule has 0 fully saturated rings. The fraction of sp³-hybridized carbons (Fsp3) is 0.118. The van der Waals surface area contributed by atoms with Gasteiger partial charge in [0.25, 0.3) is 0 Å². The van der Waals surface area contributed by atoms with E-state index < -0.39 is 0 Å². The van der Waals surface area contributed by atoms with Crippen molar-refractivity contribution in [1.82, 2.24) is 0 Å². The van der Waals surface area contributed by atoms with Crippen LogP contribution >= 0.6 is 0 Å². The van der Waals surface area contributed by atoms with E-state index in [2.05, 4.69) is 0 Å². The van der Waals surface area contributed by atoms with Gasteiger partial charge in [0.15, 0.2) is 17.3 Å². The summed E-state index contributed by atoms with van der Waals surface area (Å²) >= 11 is 0. The molecular weight excluding hydrogens is 284 g/mol. The first-order valence-corrected chi connectivity index (χ1v) is 6.65. The van der Waals surface area contributed by atoms with Gasteiger partial charge in [-0.3, -0.25) is 4.79 Å². The van der Waals surface area contributed by atoms with Crippen molar-refractivity contribution < 1.29 is 24.5 Å². The molecule has 3 rings (SSSR count). The fourth-order valence-electron chi connectivity index (χ4n) is 2.31. The molecule has 5 nitrogen and oxygen atoms in total. The summed E-state index contributed by atoms with van der Waals surface area (Å²) in [4.78, 5) is 12.3. The number of fused-ring (bicyclic) bond motifs is 1. The van der Waals surface area contributed by atoms with Gasteiger partial charge in [-0.05, 0) is 42.8 Å². The van der Waals surface area contributed by atoms with Gasteiger partial charge < -0.3 is 19.7 Å². The average molecular weight is 298 g/mol. The summed E-state index contributed by atoms with van der Waals surface area (Å²) in [6, 6.07) is 7.75. The van der Waals surface area contributed by atoms with E-state index in [0.717, 1.165) is 0 Å². The third-order valence-corrected chi connectivity index (χ3v) is 3.56. The third-order valence-electron chi connectivity index (χ3n) is 3.56. The second kappa shape index (κ2) is 5.11. The number of ketones is 1. The standard InChI is InChI=1S/C17H14O5/c1-9-12(18)6-4-11-16(20)15(22-17(9)11)8-10-3-5-13(19)14(7-10)21-2/h3-8,18-19H,1-2H3/b15-8-. The number of carbonyl (C=O) groups is 1. The number of Topliss-reactive ketones (excluding diaryl/α,β-unsaturated/α-hetero) is 1. The highest BCUT2D eigenvalue weighted by Crippen LogP contribution is 2.39. The lowest BCUT2D eigenvalue weighted by molar-refractivity contribution is 0.101. The van der Waals surface area contributed by atoms with Gasteiger partial charge in [0.2, 0.25) is 5.78 Å². The first-order chi connectivity index (χ1) is 10.5. The van der Waals surface area contributed by atoms with Crippen LogP contribution < -0.4 is 9.47 Å². The largest absolute Gasteiger partial charge is 0.508 e. The smallest absolute Gasteiger partial charge is 0.231 e. The minimum absolute atomic E-state index is 0.0207. The van der Waals surface area contributed by atoms with Gasteiger partial charge in [0.1, 0.15) is 11.5 Å². The minimum atomic E-state index is -0.245. The van der Waals surface area contributed by atoms with Gasteiger partial charge in [0.05, 0.1) is 12.7 Å². The van der Waals surface area contributed by atoms with Crippen LogP contribution in [-0.4, -0.2) is 23.1 Å². The number of benzene rings is 2. The second-order valence-electron chi connectivity index (χ2n) is 4.96. The van der Waals surface area contributed by atoms with E-state index in [-0.39, 0.29) is 23.0 Å². The normalized spacial score (nSPS) is 14.8. The van der Waals surface area contributed by atoms with E-state index in [1.54, 1.807) is 25.1 Å². The molecule has 0 unspecified atom stereocenters. The van der Waals surface area contributed by atoms with Crippen LogP contribution in [0.25, 0.3) is 6.08 Å². The number of aromatic hydroxyl groups is 2. The number of allylic oxidation sites excluding steroid dienone is 1. The lowest BCUT2D eigenvalue weighted by atomic mass is 10.1. The van der Waals surface area contributed by atoms with Crippen molar-refractivity contribution in [2.24, 2.45) is 0 Å². The fourth-order valence-corrected chi connectivity index (χ4v) is 2.31. The molecule has 112 valence electrons. The van der Waals surface area contributed by atoms with Crippen LogP contribution in [0.2, 0.25) is 0 Å². The van der Waals surface area contributed by atoms with E-state index in [4.69, 9.17) is 9.47 Å². The van der Waals surface area contributed by atoms with Crippen LogP contribution in [0.15, 0.2) is 36.1 Å². The lowest BCUT2D eigenvalue weighted by Gasteiger charge is -2.05. The summed E-state index contributed by atoms with van der Waals surface area (Å²) in [5.74, 6) is 0.709. The molecule has 0 aliphatic carbocycles. The van der Waals surface area contributed by atoms with E-state index in [1.165, 1.54) is 25.3 Å². The highest BCUT2D eigenvalue weighted by molar-refractivity contribution is 6.14. The average Bonchev–Trinajstić information content (AvgIpc) is 2.82. The van der Waals surface area contributed by atoms with E-state index >= 15 is 0 Å². The van der Waals surface area contributed by atoms with Crippen molar-refractivity contribution in [2.75, 3.05) is 7.11 Å². The molecule has 1 heterocycles. The molecule has 0 atom stereocenters. The predicted molar refractivity (Wildman–Crippen MR) is 80.4 cm³/mol. The van der Waals surface area contributed by atoms with Crippen molar-refractivity contribution in [3.63, 3.8) is 0 Å². The van der Waals surface area contributed by atoms with Gasteiger partial charge in [0, 0.05) is 5.56 Å². The molecule has 0 bridgehead atoms. The second-order valence-corrected chi connectivity index (χ2v) is 4.96. The predicted octanol–water partition coefficient (Wildman–Crippen LogP) is 3.03. The Balaban J connectivity index is 2.01. The first kappa shape index (κ1) is 14.0. The number of phenolic OH excluding ortho intramolecular Hbond substituents is 2. The molecule has 1 aliphatic heterocycles. The Hall–Kier alpha value is -2.95. The SMILES string of the molecule is COc1cc(/C=C2\Oc3c(ccc(O)c3C)C2=O)ccc1O. The molecule has 2 aromatic carbocycles. The maximum atomic E-state index is 12.3. The molecule has 0 aromatic heterocycles. The maximum Gasteiger partial charge on any atom is 0.231 e. The zero-order valence-corrected chi connectivity index (χ0v) is 12.1. The van der Waals surface area contributed by atoms with Crippen molar-refractivity contribution >= 4 is 11.9 Å². The van der Waals surface area contributed by atoms with Crippen molar-refractivity contribution in [1.29, 1.82) is 0 Å². The molecule has 2 aromatic rings. The zero-order chi connectivity index (χ0) is 15.9. The Morgan fingerprint density at radius 3 is 2.59 bits per heavy atom.